The Morgan fingerprint density at radius 1 is 1.43 bits per heavy atom. The Hall–Kier alpha value is -1.16. The van der Waals surface area contributed by atoms with E-state index in [9.17, 15) is 18.4 Å². The number of nitrogens with zero attached hydrogens (tertiary/aromatic N) is 5. The number of halogens is 4. The fraction of sp³-hybridized carbons (Fsp3) is 0.538. The lowest BCUT2D eigenvalue weighted by atomic mass is 10.3. The Balaban J connectivity index is 2.08. The van der Waals surface area contributed by atoms with Crippen molar-refractivity contribution in [2.24, 2.45) is 11.8 Å². The number of terminal acetylenes is 1. The van der Waals surface area contributed by atoms with Crippen LogP contribution in [-0.2, 0) is 6.18 Å². The third-order valence-electron chi connectivity index (χ3n) is 3.77. The van der Waals surface area contributed by atoms with Crippen LogP contribution in [0.5, 0.6) is 0 Å². The molecule has 1 aliphatic rings. The highest BCUT2D eigenvalue weighted by Gasteiger charge is 2.53. The van der Waals surface area contributed by atoms with E-state index in [0.717, 1.165) is 15.6 Å². The molecule has 1 aromatic heterocycles. The second-order valence-electron chi connectivity index (χ2n) is 5.28. The van der Waals surface area contributed by atoms with Crippen molar-refractivity contribution in [2.45, 2.75) is 12.2 Å². The fourth-order valence-electron chi connectivity index (χ4n) is 2.51. The summed E-state index contributed by atoms with van der Waals surface area (Å²) < 4.78 is 39.0. The van der Waals surface area contributed by atoms with Gasteiger partial charge in [-0.25, -0.2) is 15.0 Å². The minimum atomic E-state index is -4.51. The molecule has 23 heavy (non-hydrogen) atoms. The van der Waals surface area contributed by atoms with Crippen molar-refractivity contribution in [1.82, 2.24) is 18.4 Å². The predicted molar refractivity (Wildman–Crippen MR) is 85.3 cm³/mol. The van der Waals surface area contributed by atoms with Gasteiger partial charge in [0.15, 0.2) is 0 Å². The van der Waals surface area contributed by atoms with Gasteiger partial charge in [0.1, 0.15) is 5.69 Å². The van der Waals surface area contributed by atoms with Gasteiger partial charge in [0.25, 0.3) is 0 Å². The highest BCUT2D eigenvalue weighted by atomic mass is 127. The van der Waals surface area contributed by atoms with Crippen molar-refractivity contribution in [3.8, 4) is 12.3 Å². The molecule has 0 spiro atoms. The molecular weight excluding hydrogens is 426 g/mol. The zero-order valence-corrected chi connectivity index (χ0v) is 14.5. The molecule has 1 heterocycles. The Morgan fingerprint density at radius 3 is 2.61 bits per heavy atom. The molecule has 0 amide bonds. The van der Waals surface area contributed by atoms with E-state index in [0.29, 0.717) is 6.54 Å². The minimum Gasteiger partial charge on any atom is -0.343 e. The maximum atomic E-state index is 12.7. The van der Waals surface area contributed by atoms with Crippen molar-refractivity contribution in [1.29, 1.82) is 0 Å². The highest BCUT2D eigenvalue weighted by Crippen LogP contribution is 2.43. The summed E-state index contributed by atoms with van der Waals surface area (Å²) in [5.74, 6) is 2.52. The molecule has 0 bridgehead atoms. The molecule has 0 aromatic carbocycles. The van der Waals surface area contributed by atoms with Crippen molar-refractivity contribution in [3.05, 3.63) is 18.0 Å². The second kappa shape index (κ2) is 6.76. The van der Waals surface area contributed by atoms with E-state index >= 15 is 0 Å². The molecule has 1 fully saturated rings. The summed E-state index contributed by atoms with van der Waals surface area (Å²) in [5, 5.41) is 11.0. The summed E-state index contributed by atoms with van der Waals surface area (Å²) in [4.78, 5) is 8.96. The topological polar surface area (TPSA) is 55.7 Å². The lowest BCUT2D eigenvalue weighted by Crippen LogP contribution is -2.34. The fourth-order valence-corrected chi connectivity index (χ4v) is 2.79. The van der Waals surface area contributed by atoms with Gasteiger partial charge in [0.2, 0.25) is 5.95 Å². The van der Waals surface area contributed by atoms with E-state index in [-0.39, 0.29) is 23.8 Å². The molecule has 6 nitrogen and oxygen atoms in total. The van der Waals surface area contributed by atoms with Gasteiger partial charge in [-0.15, -0.1) is 12.3 Å². The minimum absolute atomic E-state index is 0.00226. The quantitative estimate of drug-likeness (QED) is 0.327. The molecule has 1 aliphatic carbocycles. The molecule has 0 aliphatic heterocycles. The van der Waals surface area contributed by atoms with Crippen LogP contribution in [0.3, 0.4) is 0 Å². The molecule has 10 heteroatoms. The largest absolute Gasteiger partial charge is 0.433 e. The van der Waals surface area contributed by atoms with Crippen LogP contribution in [-0.4, -0.2) is 50.3 Å². The maximum absolute atomic E-state index is 12.7. The van der Waals surface area contributed by atoms with Gasteiger partial charge in [0.05, 0.1) is 22.9 Å². The first-order chi connectivity index (χ1) is 10.7. The van der Waals surface area contributed by atoms with Crippen LogP contribution in [0.4, 0.5) is 19.1 Å². The Kier molecular flexibility index (Phi) is 5.34. The summed E-state index contributed by atoms with van der Waals surface area (Å²) in [5.41, 5.74) is -0.985. The van der Waals surface area contributed by atoms with Crippen molar-refractivity contribution >= 4 is 28.8 Å². The van der Waals surface area contributed by atoms with E-state index in [1.54, 1.807) is 42.0 Å². The average molecular weight is 441 g/mol. The lowest BCUT2D eigenvalue weighted by Gasteiger charge is -2.22. The Labute approximate surface area is 145 Å². The predicted octanol–water partition coefficient (Wildman–Crippen LogP) is 2.07. The van der Waals surface area contributed by atoms with Crippen LogP contribution in [0, 0.1) is 24.2 Å². The zero-order chi connectivity index (χ0) is 17.4. The first-order valence-electron chi connectivity index (χ1n) is 6.62. The molecule has 0 radical (unpaired) electrons. The smallest absolute Gasteiger partial charge is 0.343 e. The second-order valence-corrected chi connectivity index (χ2v) is 6.14. The molecule has 1 aromatic rings. The van der Waals surface area contributed by atoms with E-state index in [1.165, 1.54) is 4.90 Å². The first kappa shape index (κ1) is 18.2. The molecule has 126 valence electrons. The average Bonchev–Trinajstić information content (AvgIpc) is 3.18. The Bertz CT molecular complexity index is 606. The van der Waals surface area contributed by atoms with Crippen LogP contribution in [0.1, 0.15) is 5.69 Å². The SMILES string of the molecule is C#C[C@H]1[C@@H](CN(C)c2nccc(C(F)(F)F)n2)[C@@H]1N(C)N(O)I. The normalized spacial score (nSPS) is 23.9. The number of aromatic nitrogens is 2. The van der Waals surface area contributed by atoms with Crippen LogP contribution < -0.4 is 4.90 Å². The van der Waals surface area contributed by atoms with Crippen LogP contribution in [0.25, 0.3) is 0 Å². The van der Waals surface area contributed by atoms with Crippen molar-refractivity contribution in [3.63, 3.8) is 0 Å². The summed E-state index contributed by atoms with van der Waals surface area (Å²) in [6.45, 7) is 0.385. The zero-order valence-electron chi connectivity index (χ0n) is 12.4. The van der Waals surface area contributed by atoms with E-state index in [1.807, 2.05) is 0 Å². The van der Waals surface area contributed by atoms with Crippen LogP contribution in [0.2, 0.25) is 0 Å². The van der Waals surface area contributed by atoms with E-state index < -0.39 is 11.9 Å². The molecule has 2 rings (SSSR count). The molecule has 3 atom stereocenters. The number of rotatable bonds is 5. The van der Waals surface area contributed by atoms with Gasteiger partial charge in [-0.2, -0.15) is 13.2 Å². The maximum Gasteiger partial charge on any atom is 0.433 e. The molecule has 0 saturated heterocycles. The van der Waals surface area contributed by atoms with Crippen LogP contribution >= 0.6 is 22.9 Å². The number of anilines is 1. The number of alkyl halides is 3. The number of hydrogen-bond donors (Lipinski definition) is 1. The number of hydrogen-bond acceptors (Lipinski definition) is 6. The standard InChI is InChI=1S/C13H15F3IN5O/c1-4-8-9(11(8)21(3)22(17)23)7-20(2)12-18-6-5-10(19-12)13(14,15)16/h1,5-6,8-9,11,23H,7H2,2-3H3/t8-,9+,11+/m0/s1. The van der Waals surface area contributed by atoms with Gasteiger partial charge >= 0.3 is 6.18 Å². The Morgan fingerprint density at radius 2 is 2.09 bits per heavy atom. The summed E-state index contributed by atoms with van der Waals surface area (Å²) in [6.07, 6.45) is 2.04. The third kappa shape index (κ3) is 4.03. The van der Waals surface area contributed by atoms with E-state index in [4.69, 9.17) is 6.42 Å². The van der Waals surface area contributed by atoms with Crippen molar-refractivity contribution < 1.29 is 18.4 Å². The molecule has 0 unspecified atom stereocenters. The first-order valence-corrected chi connectivity index (χ1v) is 7.58. The highest BCUT2D eigenvalue weighted by molar-refractivity contribution is 14.1. The van der Waals surface area contributed by atoms with Gasteiger partial charge in [0, 0.05) is 44.7 Å². The summed E-state index contributed by atoms with van der Waals surface area (Å²) in [6, 6.07) is 0.741. The van der Waals surface area contributed by atoms with Gasteiger partial charge in [-0.05, 0) is 6.07 Å². The lowest BCUT2D eigenvalue weighted by molar-refractivity contribution is -0.141. The number of hydrazine groups is 1. The van der Waals surface area contributed by atoms with Gasteiger partial charge < -0.3 is 4.90 Å². The molecule has 1 N–H and O–H groups in total. The summed E-state index contributed by atoms with van der Waals surface area (Å²) >= 11 is 1.70. The molecule has 1 saturated carbocycles. The van der Waals surface area contributed by atoms with Gasteiger partial charge in [-0.1, -0.05) is 3.39 Å². The molecular formula is C13H15F3IN5O. The third-order valence-corrected chi connectivity index (χ3v) is 4.45. The monoisotopic (exact) mass is 441 g/mol. The van der Waals surface area contributed by atoms with Gasteiger partial charge in [-0.3, -0.25) is 5.21 Å². The van der Waals surface area contributed by atoms with Crippen LogP contribution in [0.15, 0.2) is 12.3 Å². The summed E-state index contributed by atoms with van der Waals surface area (Å²) in [7, 11) is 3.29. The van der Waals surface area contributed by atoms with Crippen molar-refractivity contribution in [2.75, 3.05) is 25.5 Å². The van der Waals surface area contributed by atoms with E-state index in [2.05, 4.69) is 15.9 Å².